The Labute approximate surface area is 129 Å². The fraction of sp³-hybridized carbons (Fsp3) is 0.417. The molecule has 2 N–H and O–H groups in total. The second-order valence-corrected chi connectivity index (χ2v) is 5.26. The van der Waals surface area contributed by atoms with Crippen LogP contribution in [0.2, 0.25) is 5.15 Å². The van der Waals surface area contributed by atoms with E-state index in [4.69, 9.17) is 21.4 Å². The quantitative estimate of drug-likeness (QED) is 0.571. The van der Waals surface area contributed by atoms with Gasteiger partial charge in [-0.2, -0.15) is 0 Å². The van der Waals surface area contributed by atoms with Crippen molar-refractivity contribution in [3.8, 4) is 0 Å². The number of pyridine rings is 1. The highest BCUT2D eigenvalue weighted by Gasteiger charge is 2.22. The number of carbonyl (C=O) groups is 2. The van der Waals surface area contributed by atoms with Crippen molar-refractivity contribution in [3.63, 3.8) is 0 Å². The number of methoxy groups -OCH3 is 1. The number of carboxylic acid groups (broad SMARTS) is 1. The molecule has 1 amide bonds. The molecule has 110 valence electrons. The lowest BCUT2D eigenvalue weighted by molar-refractivity contribution is -0.139. The summed E-state index contributed by atoms with van der Waals surface area (Å²) >= 11 is 9.00. The Bertz CT molecular complexity index is 498. The van der Waals surface area contributed by atoms with E-state index in [9.17, 15) is 9.59 Å². The molecule has 0 aliphatic carbocycles. The van der Waals surface area contributed by atoms with Gasteiger partial charge in [0.2, 0.25) is 0 Å². The highest BCUT2D eigenvalue weighted by molar-refractivity contribution is 9.10. The predicted octanol–water partition coefficient (Wildman–Crippen LogP) is 2.11. The molecule has 0 spiro atoms. The number of carboxylic acids is 1. The van der Waals surface area contributed by atoms with Gasteiger partial charge in [-0.1, -0.05) is 11.6 Å². The van der Waals surface area contributed by atoms with Gasteiger partial charge in [-0.05, 0) is 34.8 Å². The maximum atomic E-state index is 12.0. The van der Waals surface area contributed by atoms with E-state index in [-0.39, 0.29) is 17.1 Å². The van der Waals surface area contributed by atoms with Gasteiger partial charge in [-0.15, -0.1) is 0 Å². The topological polar surface area (TPSA) is 88.5 Å². The Balaban J connectivity index is 2.75. The smallest absolute Gasteiger partial charge is 0.326 e. The summed E-state index contributed by atoms with van der Waals surface area (Å²) in [7, 11) is 1.53. The summed E-state index contributed by atoms with van der Waals surface area (Å²) in [5, 5.41) is 11.5. The molecule has 1 rings (SSSR count). The van der Waals surface area contributed by atoms with Crippen LogP contribution >= 0.6 is 27.5 Å². The Hall–Kier alpha value is -1.18. The van der Waals surface area contributed by atoms with Crippen LogP contribution in [0.5, 0.6) is 0 Å². The van der Waals surface area contributed by atoms with E-state index >= 15 is 0 Å². The van der Waals surface area contributed by atoms with Gasteiger partial charge in [0.1, 0.15) is 11.2 Å². The molecule has 0 aliphatic rings. The molecule has 0 bridgehead atoms. The van der Waals surface area contributed by atoms with Crippen molar-refractivity contribution in [1.82, 2.24) is 10.3 Å². The van der Waals surface area contributed by atoms with E-state index < -0.39 is 17.9 Å². The first-order valence-electron chi connectivity index (χ1n) is 5.79. The Morgan fingerprint density at radius 2 is 2.30 bits per heavy atom. The number of aliphatic carboxylic acids is 1. The van der Waals surface area contributed by atoms with E-state index in [0.717, 1.165) is 0 Å². The van der Waals surface area contributed by atoms with E-state index in [2.05, 4.69) is 26.2 Å². The largest absolute Gasteiger partial charge is 0.480 e. The van der Waals surface area contributed by atoms with E-state index in [1.165, 1.54) is 19.4 Å². The summed E-state index contributed by atoms with van der Waals surface area (Å²) in [4.78, 5) is 26.9. The van der Waals surface area contributed by atoms with Crippen molar-refractivity contribution in [2.24, 2.45) is 0 Å². The molecular formula is C12H14BrClN2O4. The molecule has 0 radical (unpaired) electrons. The minimum Gasteiger partial charge on any atom is -0.480 e. The average molecular weight is 366 g/mol. The monoisotopic (exact) mass is 364 g/mol. The minimum absolute atomic E-state index is 0.0201. The number of hydrogen-bond acceptors (Lipinski definition) is 4. The molecule has 1 aromatic heterocycles. The molecule has 1 heterocycles. The molecule has 1 unspecified atom stereocenters. The Morgan fingerprint density at radius 1 is 1.60 bits per heavy atom. The number of ether oxygens (including phenoxy) is 1. The van der Waals surface area contributed by atoms with Crippen molar-refractivity contribution in [2.45, 2.75) is 18.9 Å². The minimum atomic E-state index is -1.10. The number of rotatable bonds is 7. The van der Waals surface area contributed by atoms with Crippen LogP contribution in [0.1, 0.15) is 23.2 Å². The van der Waals surface area contributed by atoms with Gasteiger partial charge in [-0.25, -0.2) is 9.78 Å². The first kappa shape index (κ1) is 16.9. The maximum Gasteiger partial charge on any atom is 0.326 e. The second-order valence-electron chi connectivity index (χ2n) is 3.99. The van der Waals surface area contributed by atoms with Crippen LogP contribution < -0.4 is 5.32 Å². The number of hydrogen-bond donors (Lipinski definition) is 2. The fourth-order valence-corrected chi connectivity index (χ4v) is 2.03. The first-order valence-corrected chi connectivity index (χ1v) is 6.96. The molecule has 20 heavy (non-hydrogen) atoms. The zero-order chi connectivity index (χ0) is 15.1. The van der Waals surface area contributed by atoms with Crippen LogP contribution in [0.3, 0.4) is 0 Å². The number of nitrogens with zero attached hydrogens (tertiary/aromatic N) is 1. The van der Waals surface area contributed by atoms with Crippen LogP contribution in [-0.4, -0.2) is 41.7 Å². The summed E-state index contributed by atoms with van der Waals surface area (Å²) in [6.07, 6.45) is 2.25. The van der Waals surface area contributed by atoms with E-state index in [1.54, 1.807) is 0 Å². The van der Waals surface area contributed by atoms with Gasteiger partial charge >= 0.3 is 5.97 Å². The van der Waals surface area contributed by atoms with Crippen LogP contribution in [-0.2, 0) is 9.53 Å². The third-order valence-corrected chi connectivity index (χ3v) is 3.23. The predicted molar refractivity (Wildman–Crippen MR) is 76.9 cm³/mol. The average Bonchev–Trinajstić information content (AvgIpc) is 2.40. The van der Waals surface area contributed by atoms with E-state index in [0.29, 0.717) is 17.5 Å². The summed E-state index contributed by atoms with van der Waals surface area (Å²) < 4.78 is 5.44. The Morgan fingerprint density at radius 3 is 2.90 bits per heavy atom. The van der Waals surface area contributed by atoms with Crippen LogP contribution in [0.15, 0.2) is 16.7 Å². The van der Waals surface area contributed by atoms with Crippen LogP contribution in [0, 0.1) is 0 Å². The lowest BCUT2D eigenvalue weighted by atomic mass is 10.1. The summed E-state index contributed by atoms with van der Waals surface area (Å²) in [5.41, 5.74) is 0.124. The number of nitrogens with one attached hydrogen (secondary N) is 1. The zero-order valence-electron chi connectivity index (χ0n) is 10.7. The van der Waals surface area contributed by atoms with Crippen molar-refractivity contribution < 1.29 is 19.4 Å². The third-order valence-electron chi connectivity index (χ3n) is 2.50. The van der Waals surface area contributed by atoms with Gasteiger partial charge in [0, 0.05) is 24.4 Å². The van der Waals surface area contributed by atoms with Gasteiger partial charge in [-0.3, -0.25) is 4.79 Å². The van der Waals surface area contributed by atoms with Gasteiger partial charge < -0.3 is 15.2 Å². The molecule has 0 aliphatic heterocycles. The van der Waals surface area contributed by atoms with Gasteiger partial charge in [0.25, 0.3) is 5.91 Å². The molecule has 8 heteroatoms. The molecule has 0 fully saturated rings. The fourth-order valence-electron chi connectivity index (χ4n) is 1.51. The molecule has 0 saturated heterocycles. The Kier molecular flexibility index (Phi) is 6.90. The first-order chi connectivity index (χ1) is 9.45. The lowest BCUT2D eigenvalue weighted by Gasteiger charge is -2.14. The van der Waals surface area contributed by atoms with E-state index in [1.807, 2.05) is 0 Å². The van der Waals surface area contributed by atoms with Crippen molar-refractivity contribution >= 4 is 39.4 Å². The van der Waals surface area contributed by atoms with Crippen molar-refractivity contribution in [1.29, 1.82) is 0 Å². The molecule has 0 saturated carbocycles. The normalized spacial score (nSPS) is 11.9. The maximum absolute atomic E-state index is 12.0. The second kappa shape index (κ2) is 8.18. The van der Waals surface area contributed by atoms with Gasteiger partial charge in [0.15, 0.2) is 0 Å². The molecule has 0 aromatic carbocycles. The van der Waals surface area contributed by atoms with Crippen LogP contribution in [0.4, 0.5) is 0 Å². The number of halogens is 2. The highest BCUT2D eigenvalue weighted by atomic mass is 79.9. The lowest BCUT2D eigenvalue weighted by Crippen LogP contribution is -2.41. The molecule has 6 nitrogen and oxygen atoms in total. The molecular weight excluding hydrogens is 351 g/mol. The number of amides is 1. The number of aromatic nitrogens is 1. The van der Waals surface area contributed by atoms with Crippen molar-refractivity contribution in [3.05, 3.63) is 27.5 Å². The summed E-state index contributed by atoms with van der Waals surface area (Å²) in [5.74, 6) is -1.68. The van der Waals surface area contributed by atoms with Crippen molar-refractivity contribution in [2.75, 3.05) is 13.7 Å². The number of carbonyl (C=O) groups excluding carboxylic acids is 1. The SMILES string of the molecule is COCCCC(NC(=O)c1cc(Br)cnc1Cl)C(=O)O. The molecule has 1 atom stereocenters. The summed E-state index contributed by atoms with van der Waals surface area (Å²) in [6.45, 7) is 0.429. The third kappa shape index (κ3) is 5.07. The molecule has 1 aromatic rings. The zero-order valence-corrected chi connectivity index (χ0v) is 13.1. The van der Waals surface area contributed by atoms with Gasteiger partial charge in [0.05, 0.1) is 5.56 Å². The highest BCUT2D eigenvalue weighted by Crippen LogP contribution is 2.18. The summed E-state index contributed by atoms with van der Waals surface area (Å²) in [6, 6.07) is 0.492. The standard InChI is InChI=1S/C12H14BrClN2O4/c1-20-4-2-3-9(12(18)19)16-11(17)8-5-7(13)6-15-10(8)14/h5-6,9H,2-4H2,1H3,(H,16,17)(H,18,19). The van der Waals surface area contributed by atoms with Crippen LogP contribution in [0.25, 0.3) is 0 Å².